The molecule has 1 saturated heterocycles. The molecule has 0 amide bonds. The molecule has 0 aromatic rings. The van der Waals surface area contributed by atoms with Crippen molar-refractivity contribution in [2.24, 2.45) is 0 Å². The highest BCUT2D eigenvalue weighted by molar-refractivity contribution is 7.89. The van der Waals surface area contributed by atoms with Crippen LogP contribution in [-0.2, 0) is 19.5 Å². The van der Waals surface area contributed by atoms with Gasteiger partial charge in [0, 0.05) is 25.6 Å². The standard InChI is InChI=1S/C11H22ClNO4S/c1-2-16-8-9-17-11-3-6-13(7-4-11)18(14,15)10-5-12/h11H,2-10H2,1H3. The number of piperidine rings is 1. The fraction of sp³-hybridized carbons (Fsp3) is 1.00. The van der Waals surface area contributed by atoms with E-state index in [4.69, 9.17) is 21.1 Å². The smallest absolute Gasteiger partial charge is 0.215 e. The molecule has 0 bridgehead atoms. The van der Waals surface area contributed by atoms with E-state index in [9.17, 15) is 8.42 Å². The van der Waals surface area contributed by atoms with Gasteiger partial charge in [-0.15, -0.1) is 11.6 Å². The van der Waals surface area contributed by atoms with Crippen molar-refractivity contribution in [3.8, 4) is 0 Å². The number of nitrogens with zero attached hydrogens (tertiary/aromatic N) is 1. The van der Waals surface area contributed by atoms with Crippen LogP contribution in [0.4, 0.5) is 0 Å². The lowest BCUT2D eigenvalue weighted by Crippen LogP contribution is -2.42. The lowest BCUT2D eigenvalue weighted by atomic mass is 10.1. The van der Waals surface area contributed by atoms with Crippen molar-refractivity contribution >= 4 is 21.6 Å². The van der Waals surface area contributed by atoms with Crippen LogP contribution in [0.5, 0.6) is 0 Å². The second-order valence-electron chi connectivity index (χ2n) is 4.17. The Labute approximate surface area is 114 Å². The van der Waals surface area contributed by atoms with Crippen LogP contribution >= 0.6 is 11.6 Å². The van der Waals surface area contributed by atoms with Crippen molar-refractivity contribution in [3.05, 3.63) is 0 Å². The number of rotatable bonds is 8. The van der Waals surface area contributed by atoms with Gasteiger partial charge >= 0.3 is 0 Å². The third kappa shape index (κ3) is 5.40. The van der Waals surface area contributed by atoms with E-state index >= 15 is 0 Å². The predicted octanol–water partition coefficient (Wildman–Crippen LogP) is 1.07. The summed E-state index contributed by atoms with van der Waals surface area (Å²) >= 11 is 5.49. The maximum Gasteiger partial charge on any atom is 0.215 e. The molecule has 7 heteroatoms. The number of ether oxygens (including phenoxy) is 2. The maximum atomic E-state index is 11.8. The molecule has 5 nitrogen and oxygen atoms in total. The molecule has 0 saturated carbocycles. The Kier molecular flexibility index (Phi) is 7.48. The summed E-state index contributed by atoms with van der Waals surface area (Å²) in [5.41, 5.74) is 0. The minimum atomic E-state index is -3.16. The molecule has 0 aromatic heterocycles. The van der Waals surface area contributed by atoms with Crippen molar-refractivity contribution in [1.82, 2.24) is 4.31 Å². The minimum Gasteiger partial charge on any atom is -0.379 e. The molecule has 0 atom stereocenters. The van der Waals surface area contributed by atoms with Crippen LogP contribution in [0.15, 0.2) is 0 Å². The van der Waals surface area contributed by atoms with Gasteiger partial charge in [-0.25, -0.2) is 12.7 Å². The highest BCUT2D eigenvalue weighted by Crippen LogP contribution is 2.17. The number of alkyl halides is 1. The van der Waals surface area contributed by atoms with Gasteiger partial charge in [0.1, 0.15) is 0 Å². The van der Waals surface area contributed by atoms with E-state index in [1.54, 1.807) is 0 Å². The number of halogens is 1. The monoisotopic (exact) mass is 299 g/mol. The number of hydrogen-bond acceptors (Lipinski definition) is 4. The Balaban J connectivity index is 2.24. The largest absolute Gasteiger partial charge is 0.379 e. The summed E-state index contributed by atoms with van der Waals surface area (Å²) in [4.78, 5) is 0. The molecular formula is C11H22ClNO4S. The molecule has 0 radical (unpaired) electrons. The predicted molar refractivity (Wildman–Crippen MR) is 71.5 cm³/mol. The third-order valence-corrected chi connectivity index (χ3v) is 5.20. The van der Waals surface area contributed by atoms with Crippen LogP contribution in [0.3, 0.4) is 0 Å². The molecule has 0 aromatic carbocycles. The molecule has 1 aliphatic heterocycles. The SMILES string of the molecule is CCOCCOC1CCN(S(=O)(=O)CCCl)CC1. The average molecular weight is 300 g/mol. The van der Waals surface area contributed by atoms with E-state index in [1.807, 2.05) is 6.92 Å². The fourth-order valence-electron chi connectivity index (χ4n) is 1.92. The van der Waals surface area contributed by atoms with Crippen LogP contribution in [0.2, 0.25) is 0 Å². The molecule has 0 N–H and O–H groups in total. The molecule has 1 heterocycles. The highest BCUT2D eigenvalue weighted by Gasteiger charge is 2.27. The lowest BCUT2D eigenvalue weighted by molar-refractivity contribution is -0.0121. The molecule has 1 rings (SSSR count). The Morgan fingerprint density at radius 2 is 1.94 bits per heavy atom. The molecule has 18 heavy (non-hydrogen) atoms. The highest BCUT2D eigenvalue weighted by atomic mass is 35.5. The zero-order valence-corrected chi connectivity index (χ0v) is 12.4. The molecule has 108 valence electrons. The van der Waals surface area contributed by atoms with Gasteiger partial charge in [-0.3, -0.25) is 0 Å². The maximum absolute atomic E-state index is 11.8. The van der Waals surface area contributed by atoms with Crippen molar-refractivity contribution in [1.29, 1.82) is 0 Å². The Morgan fingerprint density at radius 1 is 1.28 bits per heavy atom. The van der Waals surface area contributed by atoms with Crippen LogP contribution in [0.1, 0.15) is 19.8 Å². The van der Waals surface area contributed by atoms with E-state index in [0.717, 1.165) is 12.8 Å². The van der Waals surface area contributed by atoms with Crippen LogP contribution < -0.4 is 0 Å². The van der Waals surface area contributed by atoms with E-state index in [0.29, 0.717) is 32.9 Å². The summed E-state index contributed by atoms with van der Waals surface area (Å²) in [6, 6.07) is 0. The molecular weight excluding hydrogens is 278 g/mol. The first-order valence-electron chi connectivity index (χ1n) is 6.33. The van der Waals surface area contributed by atoms with Gasteiger partial charge in [0.25, 0.3) is 0 Å². The third-order valence-electron chi connectivity index (χ3n) is 2.91. The van der Waals surface area contributed by atoms with E-state index in [2.05, 4.69) is 0 Å². The van der Waals surface area contributed by atoms with Crippen molar-refractivity contribution in [3.63, 3.8) is 0 Å². The van der Waals surface area contributed by atoms with Crippen LogP contribution in [0, 0.1) is 0 Å². The molecule has 1 aliphatic rings. The molecule has 1 fully saturated rings. The molecule has 0 spiro atoms. The Morgan fingerprint density at radius 3 is 2.50 bits per heavy atom. The zero-order valence-electron chi connectivity index (χ0n) is 10.8. The summed E-state index contributed by atoms with van der Waals surface area (Å²) in [7, 11) is -3.16. The summed E-state index contributed by atoms with van der Waals surface area (Å²) in [5, 5.41) is 0. The minimum absolute atomic E-state index is 0.0183. The molecule has 0 aliphatic carbocycles. The van der Waals surface area contributed by atoms with E-state index in [-0.39, 0.29) is 17.7 Å². The van der Waals surface area contributed by atoms with Crippen molar-refractivity contribution in [2.45, 2.75) is 25.9 Å². The van der Waals surface area contributed by atoms with Gasteiger partial charge in [0.05, 0.1) is 25.1 Å². The summed E-state index contributed by atoms with van der Waals surface area (Å²) in [6.07, 6.45) is 1.63. The van der Waals surface area contributed by atoms with Crippen molar-refractivity contribution < 1.29 is 17.9 Å². The van der Waals surface area contributed by atoms with Gasteiger partial charge in [-0.2, -0.15) is 0 Å². The normalized spacial score (nSPS) is 19.2. The first-order chi connectivity index (χ1) is 8.60. The van der Waals surface area contributed by atoms with Crippen LogP contribution in [-0.4, -0.2) is 63.4 Å². The first-order valence-corrected chi connectivity index (χ1v) is 8.47. The second kappa shape index (κ2) is 8.32. The lowest BCUT2D eigenvalue weighted by Gasteiger charge is -2.31. The van der Waals surface area contributed by atoms with Gasteiger partial charge in [0.15, 0.2) is 0 Å². The van der Waals surface area contributed by atoms with Gasteiger partial charge in [-0.05, 0) is 19.8 Å². The zero-order chi connectivity index (χ0) is 13.4. The number of hydrogen-bond donors (Lipinski definition) is 0. The van der Waals surface area contributed by atoms with Crippen LogP contribution in [0.25, 0.3) is 0 Å². The second-order valence-corrected chi connectivity index (χ2v) is 6.64. The van der Waals surface area contributed by atoms with E-state index in [1.165, 1.54) is 4.31 Å². The van der Waals surface area contributed by atoms with E-state index < -0.39 is 10.0 Å². The number of sulfonamides is 1. The van der Waals surface area contributed by atoms with Gasteiger partial charge in [0.2, 0.25) is 10.0 Å². The summed E-state index contributed by atoms with van der Waals surface area (Å²) in [6.45, 7) is 4.87. The van der Waals surface area contributed by atoms with Gasteiger partial charge < -0.3 is 9.47 Å². The topological polar surface area (TPSA) is 55.8 Å². The Hall–Kier alpha value is 0.120. The first kappa shape index (κ1) is 16.2. The summed E-state index contributed by atoms with van der Waals surface area (Å²) < 4.78 is 35.9. The fourth-order valence-corrected chi connectivity index (χ4v) is 3.73. The summed E-state index contributed by atoms with van der Waals surface area (Å²) in [5.74, 6) is 0.164. The molecule has 0 unspecified atom stereocenters. The average Bonchev–Trinajstić information content (AvgIpc) is 2.35. The van der Waals surface area contributed by atoms with Gasteiger partial charge in [-0.1, -0.05) is 0 Å². The Bertz CT molecular complexity index is 315. The quantitative estimate of drug-likeness (QED) is 0.497. The van der Waals surface area contributed by atoms with Crippen molar-refractivity contribution in [2.75, 3.05) is 44.5 Å².